The van der Waals surface area contributed by atoms with E-state index in [1.165, 1.54) is 12.1 Å². The molecule has 2 aromatic carbocycles. The van der Waals surface area contributed by atoms with E-state index in [1.807, 2.05) is 0 Å². The minimum atomic E-state index is -0.986. The first-order valence-corrected chi connectivity index (χ1v) is 6.44. The number of hydrogen-bond acceptors (Lipinski definition) is 1. The summed E-state index contributed by atoms with van der Waals surface area (Å²) in [5.74, 6) is -3.44. The molecule has 0 spiro atoms. The fourth-order valence-corrected chi connectivity index (χ4v) is 2.13. The van der Waals surface area contributed by atoms with Gasteiger partial charge in [-0.05, 0) is 48.2 Å². The maximum absolute atomic E-state index is 13.8. The number of nitriles is 1. The number of halogens is 4. The van der Waals surface area contributed by atoms with Gasteiger partial charge in [0, 0.05) is 5.56 Å². The SMILES string of the molecule is C=Cc1cc(F)c(CCc2cc(F)c(C#N)c(F)c2)c(F)c1. The van der Waals surface area contributed by atoms with Crippen molar-refractivity contribution in [1.29, 1.82) is 5.26 Å². The summed E-state index contributed by atoms with van der Waals surface area (Å²) in [7, 11) is 0. The molecule has 0 amide bonds. The van der Waals surface area contributed by atoms with Crippen molar-refractivity contribution < 1.29 is 17.6 Å². The summed E-state index contributed by atoms with van der Waals surface area (Å²) in [6.45, 7) is 3.43. The first-order valence-electron chi connectivity index (χ1n) is 6.44. The zero-order valence-electron chi connectivity index (χ0n) is 11.5. The van der Waals surface area contributed by atoms with Gasteiger partial charge in [0.25, 0.3) is 0 Å². The second-order valence-corrected chi connectivity index (χ2v) is 4.71. The van der Waals surface area contributed by atoms with Gasteiger partial charge in [0.05, 0.1) is 0 Å². The van der Waals surface area contributed by atoms with Crippen LogP contribution in [0.4, 0.5) is 17.6 Å². The van der Waals surface area contributed by atoms with Crippen LogP contribution in [0.5, 0.6) is 0 Å². The smallest absolute Gasteiger partial charge is 0.144 e. The van der Waals surface area contributed by atoms with Crippen molar-refractivity contribution in [2.75, 3.05) is 0 Å². The van der Waals surface area contributed by atoms with Crippen LogP contribution in [0.15, 0.2) is 30.8 Å². The third-order valence-electron chi connectivity index (χ3n) is 3.28. The molecule has 0 atom stereocenters. The molecule has 0 aliphatic carbocycles. The van der Waals surface area contributed by atoms with E-state index in [4.69, 9.17) is 5.26 Å². The molecule has 0 unspecified atom stereocenters. The zero-order valence-corrected chi connectivity index (χ0v) is 11.5. The predicted octanol–water partition coefficient (Wildman–Crippen LogP) is 4.54. The lowest BCUT2D eigenvalue weighted by Crippen LogP contribution is -2.01. The van der Waals surface area contributed by atoms with Crippen molar-refractivity contribution in [2.24, 2.45) is 0 Å². The molecule has 0 aromatic heterocycles. The minimum Gasteiger partial charge on any atom is -0.207 e. The normalized spacial score (nSPS) is 10.3. The van der Waals surface area contributed by atoms with E-state index < -0.39 is 28.8 Å². The van der Waals surface area contributed by atoms with Crippen LogP contribution in [0.1, 0.15) is 22.3 Å². The highest BCUT2D eigenvalue weighted by atomic mass is 19.1. The molecular weight excluding hydrogens is 294 g/mol. The molecule has 0 heterocycles. The Kier molecular flexibility index (Phi) is 4.62. The molecule has 0 N–H and O–H groups in total. The largest absolute Gasteiger partial charge is 0.207 e. The summed E-state index contributed by atoms with van der Waals surface area (Å²) < 4.78 is 54.5. The summed E-state index contributed by atoms with van der Waals surface area (Å²) in [6.07, 6.45) is 1.31. The molecule has 0 saturated carbocycles. The zero-order chi connectivity index (χ0) is 16.3. The molecule has 1 nitrogen and oxygen atoms in total. The maximum Gasteiger partial charge on any atom is 0.144 e. The molecule has 0 bridgehead atoms. The van der Waals surface area contributed by atoms with Crippen LogP contribution in [-0.2, 0) is 12.8 Å². The maximum atomic E-state index is 13.8. The van der Waals surface area contributed by atoms with Gasteiger partial charge >= 0.3 is 0 Å². The highest BCUT2D eigenvalue weighted by Gasteiger charge is 2.13. The average molecular weight is 305 g/mol. The first-order chi connectivity index (χ1) is 10.5. The summed E-state index contributed by atoms with van der Waals surface area (Å²) in [4.78, 5) is 0. The molecule has 112 valence electrons. The Morgan fingerprint density at radius 2 is 1.45 bits per heavy atom. The number of benzene rings is 2. The fourth-order valence-electron chi connectivity index (χ4n) is 2.13. The lowest BCUT2D eigenvalue weighted by molar-refractivity contribution is 0.552. The van der Waals surface area contributed by atoms with Crippen molar-refractivity contribution in [2.45, 2.75) is 12.8 Å². The Balaban J connectivity index is 2.25. The molecule has 2 aromatic rings. The van der Waals surface area contributed by atoms with Crippen molar-refractivity contribution in [1.82, 2.24) is 0 Å². The van der Waals surface area contributed by atoms with Gasteiger partial charge in [0.1, 0.15) is 34.9 Å². The number of hydrogen-bond donors (Lipinski definition) is 0. The number of nitrogens with zero attached hydrogens (tertiary/aromatic N) is 1. The lowest BCUT2D eigenvalue weighted by Gasteiger charge is -2.08. The van der Waals surface area contributed by atoms with Gasteiger partial charge in [-0.25, -0.2) is 17.6 Å². The Bertz CT molecular complexity index is 729. The number of aryl methyl sites for hydroxylation is 1. The van der Waals surface area contributed by atoms with Gasteiger partial charge in [-0.1, -0.05) is 12.7 Å². The van der Waals surface area contributed by atoms with Gasteiger partial charge in [-0.3, -0.25) is 0 Å². The van der Waals surface area contributed by atoms with Gasteiger partial charge < -0.3 is 0 Å². The Morgan fingerprint density at radius 1 is 0.909 bits per heavy atom. The topological polar surface area (TPSA) is 23.8 Å². The predicted molar refractivity (Wildman–Crippen MR) is 74.9 cm³/mol. The van der Waals surface area contributed by atoms with E-state index in [0.717, 1.165) is 24.3 Å². The van der Waals surface area contributed by atoms with Crippen LogP contribution < -0.4 is 0 Å². The van der Waals surface area contributed by atoms with Crippen LogP contribution >= 0.6 is 0 Å². The molecule has 0 aliphatic heterocycles. The van der Waals surface area contributed by atoms with Crippen molar-refractivity contribution in [3.63, 3.8) is 0 Å². The highest BCUT2D eigenvalue weighted by molar-refractivity contribution is 5.48. The van der Waals surface area contributed by atoms with Crippen molar-refractivity contribution in [3.8, 4) is 6.07 Å². The van der Waals surface area contributed by atoms with Crippen LogP contribution in [0.2, 0.25) is 0 Å². The lowest BCUT2D eigenvalue weighted by atomic mass is 10.0. The Morgan fingerprint density at radius 3 is 1.91 bits per heavy atom. The Labute approximate surface area is 125 Å². The molecular formula is C17H11F4N. The molecule has 0 radical (unpaired) electrons. The van der Waals surface area contributed by atoms with Crippen LogP contribution in [0.25, 0.3) is 6.08 Å². The summed E-state index contributed by atoms with van der Waals surface area (Å²) in [6, 6.07) is 5.70. The summed E-state index contributed by atoms with van der Waals surface area (Å²) in [5.41, 5.74) is -0.290. The second-order valence-electron chi connectivity index (χ2n) is 4.71. The van der Waals surface area contributed by atoms with Gasteiger partial charge in [-0.2, -0.15) is 5.26 Å². The molecule has 2 rings (SSSR count). The van der Waals surface area contributed by atoms with E-state index in [1.54, 1.807) is 0 Å². The van der Waals surface area contributed by atoms with E-state index in [-0.39, 0.29) is 24.0 Å². The van der Waals surface area contributed by atoms with Gasteiger partial charge in [0.2, 0.25) is 0 Å². The first kappa shape index (κ1) is 15.8. The number of rotatable bonds is 4. The monoisotopic (exact) mass is 305 g/mol. The second kappa shape index (κ2) is 6.44. The Hall–Kier alpha value is -2.61. The van der Waals surface area contributed by atoms with Crippen LogP contribution in [0.3, 0.4) is 0 Å². The van der Waals surface area contributed by atoms with Crippen LogP contribution in [0, 0.1) is 34.6 Å². The van der Waals surface area contributed by atoms with E-state index in [0.29, 0.717) is 5.56 Å². The van der Waals surface area contributed by atoms with Crippen molar-refractivity contribution in [3.05, 3.63) is 76.4 Å². The molecule has 0 fully saturated rings. The van der Waals surface area contributed by atoms with Gasteiger partial charge in [0.15, 0.2) is 0 Å². The van der Waals surface area contributed by atoms with E-state index in [9.17, 15) is 17.6 Å². The molecule has 5 heteroatoms. The average Bonchev–Trinajstić information content (AvgIpc) is 2.45. The van der Waals surface area contributed by atoms with E-state index >= 15 is 0 Å². The van der Waals surface area contributed by atoms with Gasteiger partial charge in [-0.15, -0.1) is 0 Å². The fraction of sp³-hybridized carbons (Fsp3) is 0.118. The minimum absolute atomic E-state index is 0.0425. The third-order valence-corrected chi connectivity index (χ3v) is 3.28. The molecule has 0 aliphatic rings. The van der Waals surface area contributed by atoms with Crippen LogP contribution in [-0.4, -0.2) is 0 Å². The standard InChI is InChI=1S/C17H11F4N/c1-2-10-5-14(18)12(15(19)6-10)4-3-11-7-16(20)13(9-22)17(21)8-11/h2,5-8H,1,3-4H2. The molecule has 22 heavy (non-hydrogen) atoms. The summed E-state index contributed by atoms with van der Waals surface area (Å²) >= 11 is 0. The quantitative estimate of drug-likeness (QED) is 0.761. The van der Waals surface area contributed by atoms with Crippen molar-refractivity contribution >= 4 is 6.08 Å². The highest BCUT2D eigenvalue weighted by Crippen LogP contribution is 2.20. The molecule has 0 saturated heterocycles. The van der Waals surface area contributed by atoms with E-state index in [2.05, 4.69) is 6.58 Å². The third kappa shape index (κ3) is 3.17. The summed E-state index contributed by atoms with van der Waals surface area (Å²) in [5, 5.41) is 8.58.